The maximum atomic E-state index is 5.22. The maximum absolute atomic E-state index is 5.22. The number of methoxy groups -OCH3 is 1. The van der Waals surface area contributed by atoms with E-state index in [1.807, 2.05) is 0 Å². The Morgan fingerprint density at radius 3 is 2.80 bits per heavy atom. The molecule has 0 aromatic heterocycles. The highest BCUT2D eigenvalue weighted by molar-refractivity contribution is 4.85. The average Bonchev–Trinajstić information content (AvgIpc) is 2.28. The van der Waals surface area contributed by atoms with Crippen LogP contribution >= 0.6 is 0 Å². The SMILES string of the molecule is CCC1CN(C(C)COC)CCC1NC. The van der Waals surface area contributed by atoms with Gasteiger partial charge >= 0.3 is 0 Å². The van der Waals surface area contributed by atoms with Gasteiger partial charge in [-0.25, -0.2) is 0 Å². The van der Waals surface area contributed by atoms with Crippen LogP contribution in [0.25, 0.3) is 0 Å². The highest BCUT2D eigenvalue weighted by Crippen LogP contribution is 2.21. The Kier molecular flexibility index (Phi) is 5.58. The second-order valence-electron chi connectivity index (χ2n) is 4.65. The lowest BCUT2D eigenvalue weighted by Crippen LogP contribution is -2.51. The first-order valence-corrected chi connectivity index (χ1v) is 6.13. The summed E-state index contributed by atoms with van der Waals surface area (Å²) in [5.74, 6) is 0.794. The van der Waals surface area contributed by atoms with Gasteiger partial charge in [0.05, 0.1) is 6.61 Å². The molecular weight excluding hydrogens is 188 g/mol. The predicted octanol–water partition coefficient (Wildman–Crippen LogP) is 1.34. The van der Waals surface area contributed by atoms with Crippen molar-refractivity contribution < 1.29 is 4.74 Å². The van der Waals surface area contributed by atoms with Crippen LogP contribution in [0.3, 0.4) is 0 Å². The Hall–Kier alpha value is -0.120. The Balaban J connectivity index is 2.45. The topological polar surface area (TPSA) is 24.5 Å². The molecule has 15 heavy (non-hydrogen) atoms. The van der Waals surface area contributed by atoms with Crippen LogP contribution in [0.1, 0.15) is 26.7 Å². The van der Waals surface area contributed by atoms with Gasteiger partial charge in [0.25, 0.3) is 0 Å². The lowest BCUT2D eigenvalue weighted by molar-refractivity contribution is 0.0553. The van der Waals surface area contributed by atoms with E-state index in [0.717, 1.165) is 12.5 Å². The molecule has 90 valence electrons. The van der Waals surface area contributed by atoms with Crippen LogP contribution in [-0.2, 0) is 4.74 Å². The fourth-order valence-corrected chi connectivity index (χ4v) is 2.60. The number of rotatable bonds is 5. The third-order valence-electron chi connectivity index (χ3n) is 3.69. The summed E-state index contributed by atoms with van der Waals surface area (Å²) in [5.41, 5.74) is 0. The molecule has 1 fully saturated rings. The fourth-order valence-electron chi connectivity index (χ4n) is 2.60. The molecule has 0 saturated carbocycles. The summed E-state index contributed by atoms with van der Waals surface area (Å²) >= 11 is 0. The molecular formula is C12H26N2O. The zero-order valence-electron chi connectivity index (χ0n) is 10.6. The molecule has 0 spiro atoms. The van der Waals surface area contributed by atoms with Crippen LogP contribution in [-0.4, -0.2) is 50.8 Å². The molecule has 1 aliphatic rings. The first-order valence-electron chi connectivity index (χ1n) is 6.13. The lowest BCUT2D eigenvalue weighted by Gasteiger charge is -2.41. The van der Waals surface area contributed by atoms with Crippen molar-refractivity contribution >= 4 is 0 Å². The molecule has 0 aliphatic carbocycles. The Bertz CT molecular complexity index is 175. The minimum atomic E-state index is 0.557. The van der Waals surface area contributed by atoms with E-state index < -0.39 is 0 Å². The van der Waals surface area contributed by atoms with E-state index in [9.17, 15) is 0 Å². The van der Waals surface area contributed by atoms with Crippen LogP contribution in [0.2, 0.25) is 0 Å². The monoisotopic (exact) mass is 214 g/mol. The minimum Gasteiger partial charge on any atom is -0.383 e. The van der Waals surface area contributed by atoms with Gasteiger partial charge in [0, 0.05) is 32.3 Å². The molecule has 0 aromatic rings. The van der Waals surface area contributed by atoms with E-state index in [-0.39, 0.29) is 0 Å². The van der Waals surface area contributed by atoms with Gasteiger partial charge in [-0.05, 0) is 26.3 Å². The number of hydrogen-bond donors (Lipinski definition) is 1. The molecule has 1 N–H and O–H groups in total. The highest BCUT2D eigenvalue weighted by atomic mass is 16.5. The second-order valence-corrected chi connectivity index (χ2v) is 4.65. The fraction of sp³-hybridized carbons (Fsp3) is 1.00. The van der Waals surface area contributed by atoms with Gasteiger partial charge in [-0.2, -0.15) is 0 Å². The Labute approximate surface area is 94.2 Å². The van der Waals surface area contributed by atoms with Crippen LogP contribution < -0.4 is 5.32 Å². The first kappa shape index (κ1) is 12.9. The van der Waals surface area contributed by atoms with Gasteiger partial charge in [0.1, 0.15) is 0 Å². The van der Waals surface area contributed by atoms with E-state index in [0.29, 0.717) is 12.1 Å². The minimum absolute atomic E-state index is 0.557. The summed E-state index contributed by atoms with van der Waals surface area (Å²) in [5, 5.41) is 3.44. The van der Waals surface area contributed by atoms with Crippen LogP contribution in [0.5, 0.6) is 0 Å². The second kappa shape index (κ2) is 6.46. The zero-order valence-corrected chi connectivity index (χ0v) is 10.6. The number of nitrogens with zero attached hydrogens (tertiary/aromatic N) is 1. The Morgan fingerprint density at radius 2 is 2.27 bits per heavy atom. The Morgan fingerprint density at radius 1 is 1.53 bits per heavy atom. The van der Waals surface area contributed by atoms with Crippen molar-refractivity contribution in [3.63, 3.8) is 0 Å². The molecule has 3 unspecified atom stereocenters. The van der Waals surface area contributed by atoms with Gasteiger partial charge in [0.15, 0.2) is 0 Å². The van der Waals surface area contributed by atoms with Crippen molar-refractivity contribution in [1.82, 2.24) is 10.2 Å². The summed E-state index contributed by atoms with van der Waals surface area (Å²) < 4.78 is 5.22. The molecule has 3 nitrogen and oxygen atoms in total. The molecule has 3 heteroatoms. The van der Waals surface area contributed by atoms with Crippen LogP contribution in [0.15, 0.2) is 0 Å². The normalized spacial score (nSPS) is 30.4. The predicted molar refractivity (Wildman–Crippen MR) is 64.2 cm³/mol. The van der Waals surface area contributed by atoms with Gasteiger partial charge in [0.2, 0.25) is 0 Å². The van der Waals surface area contributed by atoms with E-state index in [4.69, 9.17) is 4.74 Å². The molecule has 0 radical (unpaired) electrons. The van der Waals surface area contributed by atoms with Gasteiger partial charge in [-0.3, -0.25) is 4.90 Å². The summed E-state index contributed by atoms with van der Waals surface area (Å²) in [6.45, 7) is 7.81. The summed E-state index contributed by atoms with van der Waals surface area (Å²) in [7, 11) is 3.87. The molecule has 0 bridgehead atoms. The quantitative estimate of drug-likeness (QED) is 0.747. The number of piperidine rings is 1. The van der Waals surface area contributed by atoms with Gasteiger partial charge in [-0.15, -0.1) is 0 Å². The summed E-state index contributed by atoms with van der Waals surface area (Å²) in [6.07, 6.45) is 2.53. The number of likely N-dealkylation sites (tertiary alicyclic amines) is 1. The largest absolute Gasteiger partial charge is 0.383 e. The molecule has 0 amide bonds. The molecule has 0 aromatic carbocycles. The van der Waals surface area contributed by atoms with E-state index >= 15 is 0 Å². The van der Waals surface area contributed by atoms with E-state index in [1.165, 1.54) is 25.9 Å². The first-order chi connectivity index (χ1) is 7.22. The smallest absolute Gasteiger partial charge is 0.0615 e. The molecule has 3 atom stereocenters. The molecule has 1 heterocycles. The number of nitrogens with one attached hydrogen (secondary N) is 1. The van der Waals surface area contributed by atoms with Crippen molar-refractivity contribution in [3.05, 3.63) is 0 Å². The van der Waals surface area contributed by atoms with Gasteiger partial charge in [-0.1, -0.05) is 13.3 Å². The summed E-state index contributed by atoms with van der Waals surface area (Å²) in [4.78, 5) is 2.56. The lowest BCUT2D eigenvalue weighted by atomic mass is 9.89. The molecule has 1 aliphatic heterocycles. The highest BCUT2D eigenvalue weighted by Gasteiger charge is 2.28. The maximum Gasteiger partial charge on any atom is 0.0615 e. The summed E-state index contributed by atoms with van der Waals surface area (Å²) in [6, 6.07) is 1.27. The average molecular weight is 214 g/mol. The molecule has 1 rings (SSSR count). The van der Waals surface area contributed by atoms with Crippen molar-refractivity contribution in [2.24, 2.45) is 5.92 Å². The van der Waals surface area contributed by atoms with Crippen molar-refractivity contribution in [2.45, 2.75) is 38.8 Å². The van der Waals surface area contributed by atoms with E-state index in [2.05, 4.69) is 31.1 Å². The zero-order chi connectivity index (χ0) is 11.3. The van der Waals surface area contributed by atoms with E-state index in [1.54, 1.807) is 7.11 Å². The van der Waals surface area contributed by atoms with Crippen molar-refractivity contribution in [3.8, 4) is 0 Å². The third kappa shape index (κ3) is 3.44. The van der Waals surface area contributed by atoms with Crippen LogP contribution in [0, 0.1) is 5.92 Å². The van der Waals surface area contributed by atoms with Crippen LogP contribution in [0.4, 0.5) is 0 Å². The van der Waals surface area contributed by atoms with Gasteiger partial charge < -0.3 is 10.1 Å². The molecule has 1 saturated heterocycles. The standard InChI is InChI=1S/C12H26N2O/c1-5-11-8-14(10(2)9-15-4)7-6-12(11)13-3/h10-13H,5-9H2,1-4H3. The van der Waals surface area contributed by atoms with Crippen molar-refractivity contribution in [2.75, 3.05) is 33.9 Å². The number of hydrogen-bond acceptors (Lipinski definition) is 3. The number of ether oxygens (including phenoxy) is 1. The third-order valence-corrected chi connectivity index (χ3v) is 3.69. The van der Waals surface area contributed by atoms with Crippen molar-refractivity contribution in [1.29, 1.82) is 0 Å².